The first-order chi connectivity index (χ1) is 11.6. The first kappa shape index (κ1) is 16.1. The van der Waals surface area contributed by atoms with Gasteiger partial charge in [-0.3, -0.25) is 9.78 Å². The number of amides is 1. The maximum Gasteiger partial charge on any atom is 0.272 e. The Morgan fingerprint density at radius 3 is 2.58 bits per heavy atom. The number of pyridine rings is 2. The fraction of sp³-hybridized carbons (Fsp3) is 0.250. The number of hydrogen-bond acceptors (Lipinski definition) is 3. The Balaban J connectivity index is 1.88. The summed E-state index contributed by atoms with van der Waals surface area (Å²) in [7, 11) is 0. The minimum Gasteiger partial charge on any atom is -0.331 e. The third kappa shape index (κ3) is 3.77. The first-order valence-corrected chi connectivity index (χ1v) is 8.18. The number of fused-ring (bicyclic) bond motifs is 1. The van der Waals surface area contributed by atoms with Crippen molar-refractivity contribution >= 4 is 16.8 Å². The zero-order valence-electron chi connectivity index (χ0n) is 14.0. The Labute approximate surface area is 142 Å². The van der Waals surface area contributed by atoms with Crippen molar-refractivity contribution in [1.29, 1.82) is 0 Å². The van der Waals surface area contributed by atoms with Crippen LogP contribution in [-0.4, -0.2) is 27.3 Å². The number of aromatic nitrogens is 2. The number of hydrogen-bond donors (Lipinski definition) is 0. The van der Waals surface area contributed by atoms with Gasteiger partial charge in [-0.15, -0.1) is 0 Å². The quantitative estimate of drug-likeness (QED) is 0.716. The van der Waals surface area contributed by atoms with Crippen molar-refractivity contribution in [3.8, 4) is 0 Å². The predicted molar refractivity (Wildman–Crippen MR) is 95.6 cm³/mol. The van der Waals surface area contributed by atoms with Gasteiger partial charge in [0.2, 0.25) is 0 Å². The van der Waals surface area contributed by atoms with Gasteiger partial charge in [0.1, 0.15) is 5.69 Å². The Morgan fingerprint density at radius 2 is 1.83 bits per heavy atom. The molecule has 0 aliphatic carbocycles. The van der Waals surface area contributed by atoms with Crippen LogP contribution in [0, 0.1) is 5.92 Å². The molecule has 0 aliphatic rings. The largest absolute Gasteiger partial charge is 0.331 e. The van der Waals surface area contributed by atoms with E-state index < -0.39 is 0 Å². The number of benzene rings is 1. The Bertz CT molecular complexity index is 830. The van der Waals surface area contributed by atoms with Gasteiger partial charge in [-0.05, 0) is 30.2 Å². The van der Waals surface area contributed by atoms with E-state index in [2.05, 4.69) is 23.8 Å². The fourth-order valence-corrected chi connectivity index (χ4v) is 2.69. The number of nitrogens with zero attached hydrogens (tertiary/aromatic N) is 3. The van der Waals surface area contributed by atoms with Crippen LogP contribution in [0.2, 0.25) is 0 Å². The Kier molecular flexibility index (Phi) is 4.85. The molecule has 3 rings (SSSR count). The molecule has 0 radical (unpaired) electrons. The SMILES string of the molecule is CC(C)CN(Cc1ccccn1)C(=O)c1ccc2ccccc2n1. The average molecular weight is 319 g/mol. The van der Waals surface area contributed by atoms with E-state index in [4.69, 9.17) is 0 Å². The van der Waals surface area contributed by atoms with Crippen molar-refractivity contribution in [2.75, 3.05) is 6.54 Å². The molecule has 0 aliphatic heterocycles. The lowest BCUT2D eigenvalue weighted by molar-refractivity contribution is 0.0715. The van der Waals surface area contributed by atoms with Crippen LogP contribution >= 0.6 is 0 Å². The van der Waals surface area contributed by atoms with Crippen molar-refractivity contribution in [3.63, 3.8) is 0 Å². The number of carbonyl (C=O) groups is 1. The molecule has 1 amide bonds. The van der Waals surface area contributed by atoms with Gasteiger partial charge in [-0.25, -0.2) is 4.98 Å². The van der Waals surface area contributed by atoms with Gasteiger partial charge >= 0.3 is 0 Å². The van der Waals surface area contributed by atoms with E-state index in [1.54, 1.807) is 12.3 Å². The second-order valence-electron chi connectivity index (χ2n) is 6.29. The molecule has 1 aromatic carbocycles. The second kappa shape index (κ2) is 7.21. The van der Waals surface area contributed by atoms with Crippen LogP contribution in [0.3, 0.4) is 0 Å². The van der Waals surface area contributed by atoms with Gasteiger partial charge in [-0.1, -0.05) is 44.2 Å². The van der Waals surface area contributed by atoms with Crippen molar-refractivity contribution in [2.45, 2.75) is 20.4 Å². The monoisotopic (exact) mass is 319 g/mol. The van der Waals surface area contributed by atoms with Gasteiger partial charge in [0, 0.05) is 18.1 Å². The first-order valence-electron chi connectivity index (χ1n) is 8.18. The minimum absolute atomic E-state index is 0.0555. The lowest BCUT2D eigenvalue weighted by Crippen LogP contribution is -2.34. The molecule has 2 heterocycles. The highest BCUT2D eigenvalue weighted by Crippen LogP contribution is 2.15. The third-order valence-corrected chi connectivity index (χ3v) is 3.77. The van der Waals surface area contributed by atoms with Gasteiger partial charge in [-0.2, -0.15) is 0 Å². The molecule has 0 atom stereocenters. The maximum atomic E-state index is 13.0. The predicted octanol–water partition coefficient (Wildman–Crippen LogP) is 3.93. The zero-order valence-corrected chi connectivity index (χ0v) is 14.0. The van der Waals surface area contributed by atoms with Crippen molar-refractivity contribution < 1.29 is 4.79 Å². The van der Waals surface area contributed by atoms with Crippen molar-refractivity contribution in [2.24, 2.45) is 5.92 Å². The molecule has 0 unspecified atom stereocenters. The van der Waals surface area contributed by atoms with Gasteiger partial charge < -0.3 is 4.90 Å². The summed E-state index contributed by atoms with van der Waals surface area (Å²) in [5.74, 6) is 0.318. The Morgan fingerprint density at radius 1 is 1.04 bits per heavy atom. The standard InChI is InChI=1S/C20H21N3O/c1-15(2)13-23(14-17-8-5-6-12-21-17)20(24)19-11-10-16-7-3-4-9-18(16)22-19/h3-12,15H,13-14H2,1-2H3. The normalized spacial score (nSPS) is 11.0. The molecule has 0 saturated heterocycles. The molecule has 0 spiro atoms. The van der Waals surface area contributed by atoms with E-state index in [1.165, 1.54) is 0 Å². The lowest BCUT2D eigenvalue weighted by atomic mass is 10.1. The molecule has 0 saturated carbocycles. The van der Waals surface area contributed by atoms with Gasteiger partial charge in [0.25, 0.3) is 5.91 Å². The molecular weight excluding hydrogens is 298 g/mol. The fourth-order valence-electron chi connectivity index (χ4n) is 2.69. The highest BCUT2D eigenvalue weighted by atomic mass is 16.2. The van der Waals surface area contributed by atoms with Crippen LogP contribution in [0.1, 0.15) is 30.0 Å². The number of rotatable bonds is 5. The summed E-state index contributed by atoms with van der Waals surface area (Å²) in [4.78, 5) is 23.7. The molecule has 2 aromatic heterocycles. The molecule has 4 heteroatoms. The van der Waals surface area contributed by atoms with Gasteiger partial charge in [0.15, 0.2) is 0 Å². The van der Waals surface area contributed by atoms with Crippen LogP contribution < -0.4 is 0 Å². The van der Waals surface area contributed by atoms with Crippen LogP contribution in [-0.2, 0) is 6.54 Å². The van der Waals surface area contributed by atoms with Crippen LogP contribution in [0.25, 0.3) is 10.9 Å². The van der Waals surface area contributed by atoms with E-state index in [0.29, 0.717) is 24.7 Å². The zero-order chi connectivity index (χ0) is 16.9. The molecule has 4 nitrogen and oxygen atoms in total. The topological polar surface area (TPSA) is 46.1 Å². The molecule has 122 valence electrons. The van der Waals surface area contributed by atoms with Gasteiger partial charge in [0.05, 0.1) is 17.8 Å². The van der Waals surface area contributed by atoms with E-state index in [9.17, 15) is 4.79 Å². The van der Waals surface area contributed by atoms with Crippen LogP contribution in [0.5, 0.6) is 0 Å². The van der Waals surface area contributed by atoms with Crippen molar-refractivity contribution in [3.05, 3.63) is 72.2 Å². The second-order valence-corrected chi connectivity index (χ2v) is 6.29. The smallest absolute Gasteiger partial charge is 0.272 e. The summed E-state index contributed by atoms with van der Waals surface area (Å²) in [6.07, 6.45) is 1.75. The number of carbonyl (C=O) groups excluding carboxylic acids is 1. The highest BCUT2D eigenvalue weighted by molar-refractivity contribution is 5.94. The third-order valence-electron chi connectivity index (χ3n) is 3.77. The van der Waals surface area contributed by atoms with Crippen molar-refractivity contribution in [1.82, 2.24) is 14.9 Å². The highest BCUT2D eigenvalue weighted by Gasteiger charge is 2.19. The number of para-hydroxylation sites is 1. The molecule has 24 heavy (non-hydrogen) atoms. The summed E-state index contributed by atoms with van der Waals surface area (Å²) in [5, 5.41) is 1.04. The van der Waals surface area contributed by atoms with E-state index in [-0.39, 0.29) is 5.91 Å². The molecule has 0 bridgehead atoms. The summed E-state index contributed by atoms with van der Waals surface area (Å²) >= 11 is 0. The van der Waals surface area contributed by atoms with E-state index in [1.807, 2.05) is 53.4 Å². The molecule has 0 fully saturated rings. The average Bonchev–Trinajstić information content (AvgIpc) is 2.60. The van der Waals surface area contributed by atoms with E-state index >= 15 is 0 Å². The lowest BCUT2D eigenvalue weighted by Gasteiger charge is -2.24. The minimum atomic E-state index is -0.0555. The maximum absolute atomic E-state index is 13.0. The molecule has 0 N–H and O–H groups in total. The summed E-state index contributed by atoms with van der Waals surface area (Å²) in [6, 6.07) is 17.3. The summed E-state index contributed by atoms with van der Waals surface area (Å²) in [5.41, 5.74) is 2.20. The van der Waals surface area contributed by atoms with Crippen LogP contribution in [0.15, 0.2) is 60.8 Å². The Hall–Kier alpha value is -2.75. The van der Waals surface area contributed by atoms with E-state index in [0.717, 1.165) is 16.6 Å². The summed E-state index contributed by atoms with van der Waals surface area (Å²) in [6.45, 7) is 5.37. The molecule has 3 aromatic rings. The van der Waals surface area contributed by atoms with Crippen LogP contribution in [0.4, 0.5) is 0 Å². The summed E-state index contributed by atoms with van der Waals surface area (Å²) < 4.78 is 0. The molecular formula is C20H21N3O.